The lowest BCUT2D eigenvalue weighted by Gasteiger charge is -2.17. The lowest BCUT2D eigenvalue weighted by Crippen LogP contribution is -2.11. The number of fused-ring (bicyclic) bond motifs is 3. The van der Waals surface area contributed by atoms with Crippen molar-refractivity contribution < 1.29 is 0 Å². The number of aromatic nitrogens is 1. The summed E-state index contributed by atoms with van der Waals surface area (Å²) in [5, 5.41) is 0. The maximum Gasteiger partial charge on any atom is 0.144 e. The average Bonchev–Trinajstić information content (AvgIpc) is 2.65. The first-order chi connectivity index (χ1) is 6.45. The molecule has 13 heavy (non-hydrogen) atoms. The number of nitrogens with zero attached hydrogens (tertiary/aromatic N) is 1. The lowest BCUT2D eigenvalue weighted by atomic mass is 9.90. The molecule has 68 valence electrons. The SMILES string of the molecule is c1nc2c(c3c1CCCC3)CNN2. The molecule has 0 bridgehead atoms. The summed E-state index contributed by atoms with van der Waals surface area (Å²) >= 11 is 0. The quantitative estimate of drug-likeness (QED) is 0.625. The van der Waals surface area contributed by atoms with Gasteiger partial charge in [0.15, 0.2) is 0 Å². The summed E-state index contributed by atoms with van der Waals surface area (Å²) in [6.07, 6.45) is 7.16. The number of hydrogen-bond acceptors (Lipinski definition) is 3. The molecule has 1 aromatic heterocycles. The smallest absolute Gasteiger partial charge is 0.144 e. The normalized spacial score (nSPS) is 19.1. The minimum absolute atomic E-state index is 0.936. The van der Waals surface area contributed by atoms with Crippen molar-refractivity contribution in [2.45, 2.75) is 32.2 Å². The van der Waals surface area contributed by atoms with Gasteiger partial charge in [-0.2, -0.15) is 0 Å². The minimum Gasteiger partial charge on any atom is -0.305 e. The number of pyridine rings is 1. The molecule has 2 aliphatic rings. The van der Waals surface area contributed by atoms with Gasteiger partial charge in [-0.1, -0.05) is 0 Å². The molecule has 0 saturated carbocycles. The van der Waals surface area contributed by atoms with Crippen LogP contribution >= 0.6 is 0 Å². The van der Waals surface area contributed by atoms with E-state index in [-0.39, 0.29) is 0 Å². The molecule has 3 heteroatoms. The Kier molecular flexibility index (Phi) is 1.52. The zero-order valence-corrected chi connectivity index (χ0v) is 7.56. The maximum atomic E-state index is 4.40. The summed E-state index contributed by atoms with van der Waals surface area (Å²) in [7, 11) is 0. The molecule has 1 aromatic rings. The van der Waals surface area contributed by atoms with Crippen molar-refractivity contribution in [3.63, 3.8) is 0 Å². The second-order valence-corrected chi connectivity index (χ2v) is 3.77. The Morgan fingerprint density at radius 3 is 3.08 bits per heavy atom. The Morgan fingerprint density at radius 2 is 2.08 bits per heavy atom. The van der Waals surface area contributed by atoms with Crippen LogP contribution in [0.2, 0.25) is 0 Å². The van der Waals surface area contributed by atoms with Crippen LogP contribution in [0.1, 0.15) is 29.5 Å². The first-order valence-electron chi connectivity index (χ1n) is 4.93. The van der Waals surface area contributed by atoms with Crippen LogP contribution in [0.15, 0.2) is 6.20 Å². The molecule has 0 spiro atoms. The van der Waals surface area contributed by atoms with E-state index in [2.05, 4.69) is 15.8 Å². The number of hydrazine groups is 1. The van der Waals surface area contributed by atoms with Crippen molar-refractivity contribution in [1.82, 2.24) is 10.4 Å². The highest BCUT2D eigenvalue weighted by Gasteiger charge is 2.20. The van der Waals surface area contributed by atoms with Crippen LogP contribution in [0.3, 0.4) is 0 Å². The third-order valence-corrected chi connectivity index (χ3v) is 2.98. The summed E-state index contributed by atoms with van der Waals surface area (Å²) in [4.78, 5) is 4.40. The molecule has 3 rings (SSSR count). The van der Waals surface area contributed by atoms with Crippen molar-refractivity contribution in [2.24, 2.45) is 0 Å². The first kappa shape index (κ1) is 7.33. The third kappa shape index (κ3) is 1.04. The van der Waals surface area contributed by atoms with Crippen molar-refractivity contribution >= 4 is 5.82 Å². The van der Waals surface area contributed by atoms with Gasteiger partial charge >= 0.3 is 0 Å². The van der Waals surface area contributed by atoms with Gasteiger partial charge in [-0.15, -0.1) is 0 Å². The van der Waals surface area contributed by atoms with Crippen LogP contribution in [0, 0.1) is 0 Å². The number of anilines is 1. The molecule has 3 nitrogen and oxygen atoms in total. The van der Waals surface area contributed by atoms with Crippen LogP contribution in [-0.2, 0) is 19.4 Å². The number of hydrogen-bond donors (Lipinski definition) is 2. The molecule has 1 aliphatic carbocycles. The van der Waals surface area contributed by atoms with Crippen LogP contribution in [-0.4, -0.2) is 4.98 Å². The highest BCUT2D eigenvalue weighted by Crippen LogP contribution is 2.29. The molecule has 0 fully saturated rings. The molecule has 1 aliphatic heterocycles. The summed E-state index contributed by atoms with van der Waals surface area (Å²) in [6.45, 7) is 0.936. The van der Waals surface area contributed by atoms with E-state index < -0.39 is 0 Å². The van der Waals surface area contributed by atoms with E-state index in [0.717, 1.165) is 12.4 Å². The van der Waals surface area contributed by atoms with Gasteiger partial charge in [-0.3, -0.25) is 0 Å². The zero-order valence-electron chi connectivity index (χ0n) is 7.56. The molecule has 0 radical (unpaired) electrons. The molecule has 0 amide bonds. The van der Waals surface area contributed by atoms with Gasteiger partial charge in [-0.25, -0.2) is 10.4 Å². The summed E-state index contributed by atoms with van der Waals surface area (Å²) < 4.78 is 0. The second-order valence-electron chi connectivity index (χ2n) is 3.77. The largest absolute Gasteiger partial charge is 0.305 e. The predicted octanol–water partition coefficient (Wildman–Crippen LogP) is 1.39. The van der Waals surface area contributed by atoms with Crippen molar-refractivity contribution in [3.05, 3.63) is 22.9 Å². The van der Waals surface area contributed by atoms with Gasteiger partial charge in [0.25, 0.3) is 0 Å². The van der Waals surface area contributed by atoms with Gasteiger partial charge < -0.3 is 5.43 Å². The van der Waals surface area contributed by atoms with Gasteiger partial charge in [0, 0.05) is 18.3 Å². The van der Waals surface area contributed by atoms with E-state index in [0.29, 0.717) is 0 Å². The van der Waals surface area contributed by atoms with Gasteiger partial charge in [0.05, 0.1) is 0 Å². The number of nitrogens with one attached hydrogen (secondary N) is 2. The van der Waals surface area contributed by atoms with Crippen LogP contribution in [0.25, 0.3) is 0 Å². The van der Waals surface area contributed by atoms with E-state index in [1.165, 1.54) is 36.8 Å². The average molecular weight is 175 g/mol. The highest BCUT2D eigenvalue weighted by molar-refractivity contribution is 5.53. The summed E-state index contributed by atoms with van der Waals surface area (Å²) in [5.41, 5.74) is 10.6. The number of rotatable bonds is 0. The molecule has 0 aromatic carbocycles. The molecular formula is C10H13N3. The summed E-state index contributed by atoms with van der Waals surface area (Å²) in [5.74, 6) is 1.04. The predicted molar refractivity (Wildman–Crippen MR) is 51.3 cm³/mol. The first-order valence-corrected chi connectivity index (χ1v) is 4.93. The van der Waals surface area contributed by atoms with Crippen molar-refractivity contribution in [2.75, 3.05) is 5.43 Å². The summed E-state index contributed by atoms with van der Waals surface area (Å²) in [6, 6.07) is 0. The van der Waals surface area contributed by atoms with Gasteiger partial charge in [-0.05, 0) is 36.8 Å². The fraction of sp³-hybridized carbons (Fsp3) is 0.500. The Morgan fingerprint density at radius 1 is 1.15 bits per heavy atom. The molecule has 2 N–H and O–H groups in total. The third-order valence-electron chi connectivity index (χ3n) is 2.98. The van der Waals surface area contributed by atoms with E-state index in [1.807, 2.05) is 6.20 Å². The zero-order chi connectivity index (χ0) is 8.67. The molecular weight excluding hydrogens is 162 g/mol. The second kappa shape index (κ2) is 2.70. The van der Waals surface area contributed by atoms with E-state index >= 15 is 0 Å². The van der Waals surface area contributed by atoms with Gasteiger partial charge in [0.1, 0.15) is 5.82 Å². The van der Waals surface area contributed by atoms with E-state index in [1.54, 1.807) is 5.56 Å². The highest BCUT2D eigenvalue weighted by atomic mass is 15.4. The maximum absolute atomic E-state index is 4.40. The van der Waals surface area contributed by atoms with Crippen molar-refractivity contribution in [3.8, 4) is 0 Å². The number of aryl methyl sites for hydroxylation is 1. The van der Waals surface area contributed by atoms with Crippen LogP contribution in [0.4, 0.5) is 5.82 Å². The topological polar surface area (TPSA) is 37.0 Å². The van der Waals surface area contributed by atoms with E-state index in [4.69, 9.17) is 0 Å². The van der Waals surface area contributed by atoms with E-state index in [9.17, 15) is 0 Å². The van der Waals surface area contributed by atoms with Crippen LogP contribution < -0.4 is 10.9 Å². The standard InChI is InChI=1S/C10H13N3/c1-2-4-8-7(3-1)5-11-10-9(8)6-12-13-10/h5,12H,1-4,6H2,(H,11,13). The Hall–Kier alpha value is -1.09. The molecule has 0 atom stereocenters. The van der Waals surface area contributed by atoms with Crippen LogP contribution in [0.5, 0.6) is 0 Å². The lowest BCUT2D eigenvalue weighted by molar-refractivity contribution is 0.675. The molecule has 0 unspecified atom stereocenters. The Bertz CT molecular complexity index is 346. The Balaban J connectivity index is 2.17. The van der Waals surface area contributed by atoms with Crippen molar-refractivity contribution in [1.29, 1.82) is 0 Å². The monoisotopic (exact) mass is 175 g/mol. The Labute approximate surface area is 77.5 Å². The minimum atomic E-state index is 0.936. The fourth-order valence-corrected chi connectivity index (χ4v) is 2.29. The molecule has 2 heterocycles. The van der Waals surface area contributed by atoms with Gasteiger partial charge in [0.2, 0.25) is 0 Å². The molecule has 0 saturated heterocycles. The fourth-order valence-electron chi connectivity index (χ4n) is 2.29.